The van der Waals surface area contributed by atoms with Crippen LogP contribution in [-0.4, -0.2) is 5.78 Å². The minimum Gasteiger partial charge on any atom is -0.294 e. The number of halogens is 1. The van der Waals surface area contributed by atoms with Crippen molar-refractivity contribution in [3.8, 4) is 0 Å². The van der Waals surface area contributed by atoms with E-state index in [1.165, 1.54) is 5.56 Å². The molecule has 0 amide bonds. The Morgan fingerprint density at radius 2 is 1.84 bits per heavy atom. The van der Waals surface area contributed by atoms with E-state index >= 15 is 0 Å². The largest absolute Gasteiger partial charge is 0.294 e. The van der Waals surface area contributed by atoms with Crippen molar-refractivity contribution in [3.05, 3.63) is 69.7 Å². The zero-order chi connectivity index (χ0) is 13.7. The minimum atomic E-state index is 0.231. The number of aryl methyl sites for hydroxylation is 2. The van der Waals surface area contributed by atoms with E-state index in [1.807, 2.05) is 43.3 Å². The second-order valence-corrected chi connectivity index (χ2v) is 5.64. The summed E-state index contributed by atoms with van der Waals surface area (Å²) in [4.78, 5) is 12.2. The van der Waals surface area contributed by atoms with Crippen LogP contribution in [0.25, 0.3) is 0 Å². The number of ketones is 1. The highest BCUT2D eigenvalue weighted by molar-refractivity contribution is 9.10. The highest BCUT2D eigenvalue weighted by atomic mass is 79.9. The van der Waals surface area contributed by atoms with Crippen LogP contribution < -0.4 is 0 Å². The molecule has 0 saturated heterocycles. The lowest BCUT2D eigenvalue weighted by Crippen LogP contribution is -2.02. The molecule has 19 heavy (non-hydrogen) atoms. The molecule has 0 aliphatic heterocycles. The SMILES string of the molecule is Cc1ccc(Br)cc1C(=O)CCCc1ccccc1. The highest BCUT2D eigenvalue weighted by Gasteiger charge is 2.09. The number of Topliss-reactive ketones (excluding diaryl/α,β-unsaturated/α-hetero) is 1. The molecule has 2 aromatic rings. The molecular weight excluding hydrogens is 300 g/mol. The summed E-state index contributed by atoms with van der Waals surface area (Å²) in [5.74, 6) is 0.231. The number of carbonyl (C=O) groups excluding carboxylic acids is 1. The van der Waals surface area contributed by atoms with E-state index in [9.17, 15) is 4.79 Å². The Bertz CT molecular complexity index is 561. The van der Waals surface area contributed by atoms with Gasteiger partial charge in [0.15, 0.2) is 5.78 Å². The molecule has 0 saturated carbocycles. The Morgan fingerprint density at radius 3 is 2.58 bits per heavy atom. The minimum absolute atomic E-state index is 0.231. The maximum Gasteiger partial charge on any atom is 0.163 e. The van der Waals surface area contributed by atoms with Gasteiger partial charge < -0.3 is 0 Å². The summed E-state index contributed by atoms with van der Waals surface area (Å²) in [5, 5.41) is 0. The summed E-state index contributed by atoms with van der Waals surface area (Å²) in [5.41, 5.74) is 3.18. The van der Waals surface area contributed by atoms with Crippen LogP contribution in [0.4, 0.5) is 0 Å². The lowest BCUT2D eigenvalue weighted by molar-refractivity contribution is 0.0979. The Labute approximate surface area is 122 Å². The second-order valence-electron chi connectivity index (χ2n) is 4.72. The Balaban J connectivity index is 1.93. The first-order valence-electron chi connectivity index (χ1n) is 6.50. The van der Waals surface area contributed by atoms with Crippen molar-refractivity contribution in [2.24, 2.45) is 0 Å². The molecule has 0 spiro atoms. The number of benzene rings is 2. The number of carbonyl (C=O) groups is 1. The first-order chi connectivity index (χ1) is 9.16. The van der Waals surface area contributed by atoms with Crippen molar-refractivity contribution in [2.45, 2.75) is 26.2 Å². The van der Waals surface area contributed by atoms with Gasteiger partial charge in [0.25, 0.3) is 0 Å². The molecule has 0 N–H and O–H groups in total. The van der Waals surface area contributed by atoms with Crippen molar-refractivity contribution in [1.82, 2.24) is 0 Å². The summed E-state index contributed by atoms with van der Waals surface area (Å²) < 4.78 is 0.963. The van der Waals surface area contributed by atoms with Crippen LogP contribution in [0.1, 0.15) is 34.3 Å². The van der Waals surface area contributed by atoms with Gasteiger partial charge in [-0.3, -0.25) is 4.79 Å². The summed E-state index contributed by atoms with van der Waals surface area (Å²) in [7, 11) is 0. The van der Waals surface area contributed by atoms with Crippen molar-refractivity contribution >= 4 is 21.7 Å². The first kappa shape index (κ1) is 14.0. The van der Waals surface area contributed by atoms with E-state index in [0.717, 1.165) is 28.4 Å². The lowest BCUT2D eigenvalue weighted by atomic mass is 9.99. The summed E-state index contributed by atoms with van der Waals surface area (Å²) in [6.45, 7) is 1.98. The third-order valence-electron chi connectivity index (χ3n) is 3.21. The maximum absolute atomic E-state index is 12.2. The molecule has 0 bridgehead atoms. The van der Waals surface area contributed by atoms with Gasteiger partial charge in [-0.25, -0.2) is 0 Å². The van der Waals surface area contributed by atoms with E-state index in [0.29, 0.717) is 6.42 Å². The van der Waals surface area contributed by atoms with Crippen LogP contribution >= 0.6 is 15.9 Å². The van der Waals surface area contributed by atoms with E-state index in [4.69, 9.17) is 0 Å². The lowest BCUT2D eigenvalue weighted by Gasteiger charge is -2.06. The van der Waals surface area contributed by atoms with E-state index < -0.39 is 0 Å². The van der Waals surface area contributed by atoms with Crippen molar-refractivity contribution < 1.29 is 4.79 Å². The molecular formula is C17H17BrO. The quantitative estimate of drug-likeness (QED) is 0.712. The highest BCUT2D eigenvalue weighted by Crippen LogP contribution is 2.18. The standard InChI is InChI=1S/C17H17BrO/c1-13-10-11-15(18)12-16(13)17(19)9-5-8-14-6-3-2-4-7-14/h2-4,6-7,10-12H,5,8-9H2,1H3. The monoisotopic (exact) mass is 316 g/mol. The van der Waals surface area contributed by atoms with Crippen LogP contribution in [-0.2, 0) is 6.42 Å². The normalized spacial score (nSPS) is 10.4. The summed E-state index contributed by atoms with van der Waals surface area (Å²) >= 11 is 3.42. The molecule has 0 unspecified atom stereocenters. The maximum atomic E-state index is 12.2. The van der Waals surface area contributed by atoms with E-state index in [1.54, 1.807) is 0 Å². The van der Waals surface area contributed by atoms with Crippen molar-refractivity contribution in [1.29, 1.82) is 0 Å². The zero-order valence-electron chi connectivity index (χ0n) is 11.0. The molecule has 2 rings (SSSR count). The Kier molecular flexibility index (Phi) is 4.92. The van der Waals surface area contributed by atoms with Gasteiger partial charge >= 0.3 is 0 Å². The van der Waals surface area contributed by atoms with Crippen LogP contribution in [0.2, 0.25) is 0 Å². The summed E-state index contributed by atoms with van der Waals surface area (Å²) in [6, 6.07) is 16.2. The molecule has 0 aliphatic rings. The van der Waals surface area contributed by atoms with Gasteiger partial charge in [0.2, 0.25) is 0 Å². The van der Waals surface area contributed by atoms with Crippen molar-refractivity contribution in [2.75, 3.05) is 0 Å². The molecule has 0 radical (unpaired) electrons. The molecule has 2 heteroatoms. The van der Waals surface area contributed by atoms with Crippen LogP contribution in [0.3, 0.4) is 0 Å². The van der Waals surface area contributed by atoms with E-state index in [2.05, 4.69) is 28.1 Å². The van der Waals surface area contributed by atoms with E-state index in [-0.39, 0.29) is 5.78 Å². The Hall–Kier alpha value is -1.41. The van der Waals surface area contributed by atoms with Gasteiger partial charge in [-0.2, -0.15) is 0 Å². The molecule has 1 nitrogen and oxygen atoms in total. The van der Waals surface area contributed by atoms with Gasteiger partial charge in [-0.15, -0.1) is 0 Å². The topological polar surface area (TPSA) is 17.1 Å². The smallest absolute Gasteiger partial charge is 0.163 e. The molecule has 0 fully saturated rings. The van der Waals surface area contributed by atoms with Crippen LogP contribution in [0.5, 0.6) is 0 Å². The third-order valence-corrected chi connectivity index (χ3v) is 3.71. The molecule has 0 aliphatic carbocycles. The van der Waals surface area contributed by atoms with Crippen molar-refractivity contribution in [3.63, 3.8) is 0 Å². The first-order valence-corrected chi connectivity index (χ1v) is 7.29. The number of hydrogen-bond acceptors (Lipinski definition) is 1. The molecule has 0 heterocycles. The Morgan fingerprint density at radius 1 is 1.11 bits per heavy atom. The van der Waals surface area contributed by atoms with Crippen LogP contribution in [0.15, 0.2) is 53.0 Å². The number of rotatable bonds is 5. The molecule has 0 aromatic heterocycles. The summed E-state index contributed by atoms with van der Waals surface area (Å²) in [6.07, 6.45) is 2.46. The van der Waals surface area contributed by atoms with Crippen LogP contribution in [0, 0.1) is 6.92 Å². The molecule has 0 atom stereocenters. The fourth-order valence-corrected chi connectivity index (χ4v) is 2.49. The molecule has 2 aromatic carbocycles. The predicted octanol–water partition coefficient (Wildman–Crippen LogP) is 4.96. The fraction of sp³-hybridized carbons (Fsp3) is 0.235. The molecule has 98 valence electrons. The second kappa shape index (κ2) is 6.67. The zero-order valence-corrected chi connectivity index (χ0v) is 12.6. The average Bonchev–Trinajstić information content (AvgIpc) is 2.42. The predicted molar refractivity (Wildman–Crippen MR) is 82.6 cm³/mol. The third kappa shape index (κ3) is 4.03. The van der Waals surface area contributed by atoms with Gasteiger partial charge in [0.05, 0.1) is 0 Å². The number of hydrogen-bond donors (Lipinski definition) is 0. The van der Waals surface area contributed by atoms with Gasteiger partial charge in [-0.1, -0.05) is 52.3 Å². The van der Waals surface area contributed by atoms with Gasteiger partial charge in [0, 0.05) is 16.5 Å². The van der Waals surface area contributed by atoms with Gasteiger partial charge in [-0.05, 0) is 43.0 Å². The fourth-order valence-electron chi connectivity index (χ4n) is 2.13. The average molecular weight is 317 g/mol. The van der Waals surface area contributed by atoms with Gasteiger partial charge in [0.1, 0.15) is 0 Å².